The molecule has 0 spiro atoms. The van der Waals surface area contributed by atoms with Crippen molar-refractivity contribution in [1.82, 2.24) is 0 Å². The summed E-state index contributed by atoms with van der Waals surface area (Å²) in [7, 11) is -3.86. The normalized spacial score (nSPS) is 12.2. The minimum Gasteiger partial charge on any atom is -0.399 e. The number of carbonyl (C=O) groups excluding carboxylic acids is 1. The summed E-state index contributed by atoms with van der Waals surface area (Å²) < 4.78 is 22.5. The third-order valence-corrected chi connectivity index (χ3v) is 3.22. The molecule has 0 atom stereocenters. The number of amides is 1. The van der Waals surface area contributed by atoms with Gasteiger partial charge < -0.3 is 16.8 Å². The lowest BCUT2D eigenvalue weighted by Gasteiger charge is -2.24. The summed E-state index contributed by atoms with van der Waals surface area (Å²) in [4.78, 5) is 11.0. The second-order valence-corrected chi connectivity index (χ2v) is 6.01. The fourth-order valence-electron chi connectivity index (χ4n) is 1.28. The van der Waals surface area contributed by atoms with Gasteiger partial charge in [0.25, 0.3) is 0 Å². The lowest BCUT2D eigenvalue weighted by Crippen LogP contribution is -2.45. The molecule has 100 valence electrons. The quantitative estimate of drug-likeness (QED) is 0.551. The predicted molar refractivity (Wildman–Crippen MR) is 69.1 cm³/mol. The van der Waals surface area contributed by atoms with Gasteiger partial charge in [0.2, 0.25) is 15.9 Å². The maximum absolute atomic E-state index is 11.2. The molecule has 0 aliphatic rings. The van der Waals surface area contributed by atoms with Crippen LogP contribution >= 0.6 is 0 Å². The minimum atomic E-state index is -3.86. The minimum absolute atomic E-state index is 0.134. The number of anilines is 2. The van der Waals surface area contributed by atoms with Gasteiger partial charge in [-0.2, -0.15) is 0 Å². The number of hydrogen-bond donors (Lipinski definition) is 4. The van der Waals surface area contributed by atoms with Gasteiger partial charge >= 0.3 is 0 Å². The van der Waals surface area contributed by atoms with Gasteiger partial charge in [0.15, 0.2) is 0 Å². The fraction of sp³-hybridized carbons (Fsp3) is 0.300. The van der Waals surface area contributed by atoms with E-state index in [1.165, 1.54) is 18.2 Å². The molecule has 1 aromatic rings. The molecule has 0 radical (unpaired) electrons. The van der Waals surface area contributed by atoms with Crippen LogP contribution in [0.3, 0.4) is 0 Å². The molecule has 1 rings (SSSR count). The van der Waals surface area contributed by atoms with Crippen LogP contribution in [0.15, 0.2) is 23.1 Å². The number of nitrogen functional groups attached to an aromatic ring is 1. The second kappa shape index (κ2) is 4.46. The molecule has 0 aliphatic heterocycles. The molecule has 0 aliphatic carbocycles. The van der Waals surface area contributed by atoms with Gasteiger partial charge in [0, 0.05) is 11.4 Å². The Labute approximate surface area is 105 Å². The van der Waals surface area contributed by atoms with Crippen LogP contribution < -0.4 is 21.9 Å². The summed E-state index contributed by atoms with van der Waals surface area (Å²) in [5, 5.41) is 7.81. The van der Waals surface area contributed by atoms with E-state index in [0.29, 0.717) is 5.69 Å². The Bertz CT molecular complexity index is 581. The third-order valence-electron chi connectivity index (χ3n) is 2.33. The molecule has 7 nitrogen and oxygen atoms in total. The molecule has 0 fully saturated rings. The van der Waals surface area contributed by atoms with Crippen LogP contribution in [0.1, 0.15) is 13.8 Å². The fourth-order valence-corrected chi connectivity index (χ4v) is 1.87. The summed E-state index contributed by atoms with van der Waals surface area (Å²) in [5.74, 6) is -0.581. The van der Waals surface area contributed by atoms with E-state index in [1.807, 2.05) is 0 Å². The van der Waals surface area contributed by atoms with E-state index in [0.717, 1.165) is 0 Å². The Hall–Kier alpha value is -1.80. The van der Waals surface area contributed by atoms with Crippen LogP contribution in [-0.2, 0) is 14.8 Å². The van der Waals surface area contributed by atoms with Gasteiger partial charge in [-0.3, -0.25) is 4.79 Å². The Morgan fingerprint density at radius 1 is 1.28 bits per heavy atom. The van der Waals surface area contributed by atoms with Gasteiger partial charge in [-0.1, -0.05) is 0 Å². The van der Waals surface area contributed by atoms with E-state index < -0.39 is 21.5 Å². The average Bonchev–Trinajstić information content (AvgIpc) is 2.13. The smallest absolute Gasteiger partial charge is 0.242 e. The first-order valence-electron chi connectivity index (χ1n) is 5.04. The van der Waals surface area contributed by atoms with Crippen molar-refractivity contribution >= 4 is 27.3 Å². The first-order chi connectivity index (χ1) is 8.02. The van der Waals surface area contributed by atoms with E-state index in [9.17, 15) is 13.2 Å². The monoisotopic (exact) mass is 272 g/mol. The molecule has 8 heteroatoms. The highest BCUT2D eigenvalue weighted by atomic mass is 32.2. The topological polar surface area (TPSA) is 141 Å². The summed E-state index contributed by atoms with van der Waals surface area (Å²) in [5.41, 5.74) is 10.3. The SMILES string of the molecule is CC(C)(Nc1cc(N)cc(S(N)(=O)=O)c1)C(N)=O. The summed E-state index contributed by atoms with van der Waals surface area (Å²) in [6.45, 7) is 3.13. The van der Waals surface area contributed by atoms with Crippen LogP contribution in [0, 0.1) is 0 Å². The third kappa shape index (κ3) is 3.34. The van der Waals surface area contributed by atoms with Gasteiger partial charge in [-0.05, 0) is 32.0 Å². The number of benzene rings is 1. The Balaban J connectivity index is 3.20. The van der Waals surface area contributed by atoms with Crippen molar-refractivity contribution in [3.63, 3.8) is 0 Å². The first kappa shape index (κ1) is 14.3. The average molecular weight is 272 g/mol. The molecule has 0 aromatic heterocycles. The first-order valence-corrected chi connectivity index (χ1v) is 6.58. The molecular weight excluding hydrogens is 256 g/mol. The number of primary sulfonamides is 1. The molecule has 0 saturated carbocycles. The lowest BCUT2D eigenvalue weighted by atomic mass is 10.0. The molecule has 1 amide bonds. The highest BCUT2D eigenvalue weighted by Crippen LogP contribution is 2.22. The molecule has 0 heterocycles. The molecule has 18 heavy (non-hydrogen) atoms. The van der Waals surface area contributed by atoms with E-state index in [-0.39, 0.29) is 10.6 Å². The second-order valence-electron chi connectivity index (χ2n) is 4.45. The van der Waals surface area contributed by atoms with Crippen molar-refractivity contribution in [2.75, 3.05) is 11.1 Å². The van der Waals surface area contributed by atoms with Gasteiger partial charge in [-0.15, -0.1) is 0 Å². The molecule has 0 unspecified atom stereocenters. The van der Waals surface area contributed by atoms with Crippen LogP contribution in [0.5, 0.6) is 0 Å². The highest BCUT2D eigenvalue weighted by molar-refractivity contribution is 7.89. The van der Waals surface area contributed by atoms with Crippen LogP contribution in [0.2, 0.25) is 0 Å². The summed E-state index contributed by atoms with van der Waals surface area (Å²) in [6.07, 6.45) is 0. The highest BCUT2D eigenvalue weighted by Gasteiger charge is 2.25. The van der Waals surface area contributed by atoms with E-state index in [4.69, 9.17) is 16.6 Å². The number of hydrogen-bond acceptors (Lipinski definition) is 5. The zero-order chi connectivity index (χ0) is 14.1. The van der Waals surface area contributed by atoms with Gasteiger partial charge in [0.05, 0.1) is 4.90 Å². The summed E-state index contributed by atoms with van der Waals surface area (Å²) in [6, 6.07) is 4.01. The molecule has 7 N–H and O–H groups in total. The zero-order valence-corrected chi connectivity index (χ0v) is 10.9. The number of primary amides is 1. The van der Waals surface area contributed by atoms with Crippen molar-refractivity contribution in [2.24, 2.45) is 10.9 Å². The molecule has 0 bridgehead atoms. The van der Waals surface area contributed by atoms with Crippen molar-refractivity contribution in [2.45, 2.75) is 24.3 Å². The van der Waals surface area contributed by atoms with E-state index in [1.54, 1.807) is 13.8 Å². The Kier molecular flexibility index (Phi) is 3.54. The summed E-state index contributed by atoms with van der Waals surface area (Å²) >= 11 is 0. The van der Waals surface area contributed by atoms with E-state index >= 15 is 0 Å². The maximum Gasteiger partial charge on any atom is 0.242 e. The standard InChI is InChI=1S/C10H16N4O3S/c1-10(2,9(12)15)14-7-3-6(11)4-8(5-7)18(13,16)17/h3-5,14H,11H2,1-2H3,(H2,12,15)(H2,13,16,17). The van der Waals surface area contributed by atoms with Crippen molar-refractivity contribution in [3.05, 3.63) is 18.2 Å². The van der Waals surface area contributed by atoms with Crippen LogP contribution in [0.25, 0.3) is 0 Å². The zero-order valence-electron chi connectivity index (χ0n) is 10.1. The van der Waals surface area contributed by atoms with Crippen molar-refractivity contribution in [1.29, 1.82) is 0 Å². The van der Waals surface area contributed by atoms with Crippen LogP contribution in [0.4, 0.5) is 11.4 Å². The van der Waals surface area contributed by atoms with E-state index in [2.05, 4.69) is 5.32 Å². The molecule has 0 saturated heterocycles. The molecular formula is C10H16N4O3S. The van der Waals surface area contributed by atoms with Gasteiger partial charge in [-0.25, -0.2) is 13.6 Å². The lowest BCUT2D eigenvalue weighted by molar-refractivity contribution is -0.121. The van der Waals surface area contributed by atoms with Gasteiger partial charge in [0.1, 0.15) is 5.54 Å². The maximum atomic E-state index is 11.2. The number of carbonyl (C=O) groups is 1. The van der Waals surface area contributed by atoms with Crippen molar-refractivity contribution in [3.8, 4) is 0 Å². The number of nitrogens with one attached hydrogen (secondary N) is 1. The predicted octanol–water partition coefficient (Wildman–Crippen LogP) is -0.408. The largest absolute Gasteiger partial charge is 0.399 e. The molecule has 1 aromatic carbocycles. The number of rotatable bonds is 4. The Morgan fingerprint density at radius 3 is 2.28 bits per heavy atom. The number of nitrogens with two attached hydrogens (primary N) is 3. The van der Waals surface area contributed by atoms with Crippen molar-refractivity contribution < 1.29 is 13.2 Å². The van der Waals surface area contributed by atoms with Crippen LogP contribution in [-0.4, -0.2) is 19.9 Å². The Morgan fingerprint density at radius 2 is 1.83 bits per heavy atom. The number of sulfonamides is 1.